The highest BCUT2D eigenvalue weighted by Gasteiger charge is 2.17. The monoisotopic (exact) mass is 293 g/mol. The number of nitrogens with one attached hydrogen (secondary N) is 1. The van der Waals surface area contributed by atoms with Gasteiger partial charge < -0.3 is 19.5 Å². The molecule has 0 spiro atoms. The number of methoxy groups -OCH3 is 1. The molecule has 1 aromatic carbocycles. The summed E-state index contributed by atoms with van der Waals surface area (Å²) in [5.74, 6) is 1.29. The number of fused-ring (bicyclic) bond motifs is 1. The van der Waals surface area contributed by atoms with E-state index in [0.29, 0.717) is 32.3 Å². The molecular formula is C16H23NO4. The zero-order valence-corrected chi connectivity index (χ0v) is 12.5. The van der Waals surface area contributed by atoms with Gasteiger partial charge >= 0.3 is 0 Å². The van der Waals surface area contributed by atoms with E-state index in [0.717, 1.165) is 18.6 Å². The summed E-state index contributed by atoms with van der Waals surface area (Å²) in [6.07, 6.45) is 1.88. The second-order valence-corrected chi connectivity index (χ2v) is 5.16. The third kappa shape index (κ3) is 5.36. The molecule has 0 radical (unpaired) electrons. The standard InChI is InChI=1S/C16H23NO4/c1-19-8-9-20-12-16(18)17-11-13-6-7-21-15-5-3-2-4-14(15)10-13/h2-5,13H,6-12H2,1H3,(H,17,18)/t13-/m0/s1. The van der Waals surface area contributed by atoms with Gasteiger partial charge in [0.05, 0.1) is 19.8 Å². The molecule has 0 unspecified atom stereocenters. The summed E-state index contributed by atoms with van der Waals surface area (Å²) in [7, 11) is 1.61. The van der Waals surface area contributed by atoms with Crippen LogP contribution in [0.25, 0.3) is 0 Å². The Morgan fingerprint density at radius 2 is 2.24 bits per heavy atom. The maximum atomic E-state index is 11.7. The molecule has 2 rings (SSSR count). The van der Waals surface area contributed by atoms with E-state index < -0.39 is 0 Å². The average Bonchev–Trinajstić information content (AvgIpc) is 2.71. The molecule has 0 aliphatic carbocycles. The summed E-state index contributed by atoms with van der Waals surface area (Å²) in [6.45, 7) is 2.38. The van der Waals surface area contributed by atoms with Crippen LogP contribution in [0.2, 0.25) is 0 Å². The molecule has 0 aromatic heterocycles. The van der Waals surface area contributed by atoms with Crippen LogP contribution in [-0.4, -0.2) is 46.0 Å². The van der Waals surface area contributed by atoms with Crippen LogP contribution in [0.5, 0.6) is 5.75 Å². The first kappa shape index (κ1) is 15.8. The van der Waals surface area contributed by atoms with Gasteiger partial charge in [0.2, 0.25) is 5.91 Å². The number of carbonyl (C=O) groups is 1. The average molecular weight is 293 g/mol. The summed E-state index contributed by atoms with van der Waals surface area (Å²) in [5.41, 5.74) is 1.21. The molecule has 1 N–H and O–H groups in total. The number of amides is 1. The summed E-state index contributed by atoms with van der Waals surface area (Å²) < 4.78 is 15.8. The lowest BCUT2D eigenvalue weighted by Gasteiger charge is -2.14. The Hall–Kier alpha value is -1.59. The second kappa shape index (κ2) is 8.64. The van der Waals surface area contributed by atoms with Gasteiger partial charge in [-0.25, -0.2) is 0 Å². The molecule has 1 atom stereocenters. The summed E-state index contributed by atoms with van der Waals surface area (Å²) in [5, 5.41) is 2.93. The molecule has 5 heteroatoms. The van der Waals surface area contributed by atoms with Crippen LogP contribution in [0.15, 0.2) is 24.3 Å². The smallest absolute Gasteiger partial charge is 0.246 e. The molecule has 1 amide bonds. The number of hydrogen-bond donors (Lipinski definition) is 1. The number of carbonyl (C=O) groups excluding carboxylic acids is 1. The largest absolute Gasteiger partial charge is 0.493 e. The van der Waals surface area contributed by atoms with Crippen molar-refractivity contribution >= 4 is 5.91 Å². The first-order valence-electron chi connectivity index (χ1n) is 7.33. The molecule has 1 aliphatic rings. The highest BCUT2D eigenvalue weighted by molar-refractivity contribution is 5.77. The van der Waals surface area contributed by atoms with Crippen molar-refractivity contribution < 1.29 is 19.0 Å². The summed E-state index contributed by atoms with van der Waals surface area (Å²) in [4.78, 5) is 11.7. The number of ether oxygens (including phenoxy) is 3. The Morgan fingerprint density at radius 3 is 3.10 bits per heavy atom. The molecule has 5 nitrogen and oxygen atoms in total. The van der Waals surface area contributed by atoms with Crippen LogP contribution < -0.4 is 10.1 Å². The van der Waals surface area contributed by atoms with E-state index in [1.807, 2.05) is 18.2 Å². The quantitative estimate of drug-likeness (QED) is 0.772. The Balaban J connectivity index is 1.72. The van der Waals surface area contributed by atoms with Gasteiger partial charge in [-0.1, -0.05) is 18.2 Å². The van der Waals surface area contributed by atoms with E-state index in [2.05, 4.69) is 11.4 Å². The van der Waals surface area contributed by atoms with Crippen molar-refractivity contribution in [1.29, 1.82) is 0 Å². The van der Waals surface area contributed by atoms with E-state index in [1.165, 1.54) is 5.56 Å². The Morgan fingerprint density at radius 1 is 1.38 bits per heavy atom. The molecule has 1 heterocycles. The number of para-hydroxylation sites is 1. The van der Waals surface area contributed by atoms with Gasteiger partial charge in [-0.2, -0.15) is 0 Å². The third-order valence-corrected chi connectivity index (χ3v) is 3.52. The number of rotatable bonds is 7. The Labute approximate surface area is 125 Å². The highest BCUT2D eigenvalue weighted by Crippen LogP contribution is 2.26. The number of benzene rings is 1. The zero-order chi connectivity index (χ0) is 14.9. The van der Waals surface area contributed by atoms with Crippen LogP contribution in [0.3, 0.4) is 0 Å². The molecule has 0 saturated heterocycles. The lowest BCUT2D eigenvalue weighted by molar-refractivity contribution is -0.126. The lowest BCUT2D eigenvalue weighted by atomic mass is 9.97. The third-order valence-electron chi connectivity index (χ3n) is 3.52. The van der Waals surface area contributed by atoms with Crippen molar-refractivity contribution in [3.8, 4) is 5.75 Å². The zero-order valence-electron chi connectivity index (χ0n) is 12.5. The van der Waals surface area contributed by atoms with Gasteiger partial charge in [-0.15, -0.1) is 0 Å². The highest BCUT2D eigenvalue weighted by atomic mass is 16.5. The molecule has 116 valence electrons. The molecule has 0 bridgehead atoms. The van der Waals surface area contributed by atoms with E-state index in [9.17, 15) is 4.79 Å². The van der Waals surface area contributed by atoms with Gasteiger partial charge in [-0.3, -0.25) is 4.79 Å². The van der Waals surface area contributed by atoms with Crippen molar-refractivity contribution in [3.63, 3.8) is 0 Å². The second-order valence-electron chi connectivity index (χ2n) is 5.16. The Bertz CT molecular complexity index is 450. The SMILES string of the molecule is COCCOCC(=O)NC[C@H]1CCOc2ccccc2C1. The van der Waals surface area contributed by atoms with Gasteiger partial charge in [0.1, 0.15) is 12.4 Å². The molecule has 21 heavy (non-hydrogen) atoms. The molecule has 0 saturated carbocycles. The van der Waals surface area contributed by atoms with Gasteiger partial charge in [0.25, 0.3) is 0 Å². The van der Waals surface area contributed by atoms with Gasteiger partial charge in [0.15, 0.2) is 0 Å². The van der Waals surface area contributed by atoms with Crippen LogP contribution in [0.1, 0.15) is 12.0 Å². The van der Waals surface area contributed by atoms with Crippen molar-refractivity contribution in [1.82, 2.24) is 5.32 Å². The van der Waals surface area contributed by atoms with Crippen LogP contribution in [0, 0.1) is 5.92 Å². The fourth-order valence-electron chi connectivity index (χ4n) is 2.35. The summed E-state index contributed by atoms with van der Waals surface area (Å²) in [6, 6.07) is 8.09. The maximum absolute atomic E-state index is 11.7. The molecule has 1 aliphatic heterocycles. The normalized spacial score (nSPS) is 17.5. The molecular weight excluding hydrogens is 270 g/mol. The van der Waals surface area contributed by atoms with Crippen LogP contribution >= 0.6 is 0 Å². The van der Waals surface area contributed by atoms with Crippen LogP contribution in [-0.2, 0) is 20.7 Å². The predicted molar refractivity (Wildman–Crippen MR) is 79.5 cm³/mol. The number of hydrogen-bond acceptors (Lipinski definition) is 4. The van der Waals surface area contributed by atoms with E-state index in [4.69, 9.17) is 14.2 Å². The first-order chi connectivity index (χ1) is 10.3. The summed E-state index contributed by atoms with van der Waals surface area (Å²) >= 11 is 0. The van der Waals surface area contributed by atoms with Crippen molar-refractivity contribution in [2.24, 2.45) is 5.92 Å². The van der Waals surface area contributed by atoms with Crippen molar-refractivity contribution in [2.45, 2.75) is 12.8 Å². The maximum Gasteiger partial charge on any atom is 0.246 e. The predicted octanol–water partition coefficient (Wildman–Crippen LogP) is 1.41. The fourth-order valence-corrected chi connectivity index (χ4v) is 2.35. The minimum atomic E-state index is -0.0791. The van der Waals surface area contributed by atoms with Crippen molar-refractivity contribution in [2.75, 3.05) is 40.1 Å². The van der Waals surface area contributed by atoms with Crippen molar-refractivity contribution in [3.05, 3.63) is 29.8 Å². The lowest BCUT2D eigenvalue weighted by Crippen LogP contribution is -2.33. The van der Waals surface area contributed by atoms with E-state index >= 15 is 0 Å². The van der Waals surface area contributed by atoms with Gasteiger partial charge in [0, 0.05) is 13.7 Å². The van der Waals surface area contributed by atoms with E-state index in [1.54, 1.807) is 7.11 Å². The van der Waals surface area contributed by atoms with Crippen LogP contribution in [0.4, 0.5) is 0 Å². The molecule has 1 aromatic rings. The minimum absolute atomic E-state index is 0.0791. The topological polar surface area (TPSA) is 56.8 Å². The van der Waals surface area contributed by atoms with Gasteiger partial charge in [-0.05, 0) is 30.4 Å². The fraction of sp³-hybridized carbons (Fsp3) is 0.562. The Kier molecular flexibility index (Phi) is 6.50. The minimum Gasteiger partial charge on any atom is -0.493 e. The molecule has 0 fully saturated rings. The first-order valence-corrected chi connectivity index (χ1v) is 7.33. The van der Waals surface area contributed by atoms with E-state index in [-0.39, 0.29) is 12.5 Å².